The van der Waals surface area contributed by atoms with E-state index in [0.29, 0.717) is 61.5 Å². The first kappa shape index (κ1) is 54.7. The summed E-state index contributed by atoms with van der Waals surface area (Å²) in [6.45, 7) is 1.95. The Morgan fingerprint density at radius 1 is 0.419 bits per heavy atom. The molecule has 8 nitrogen and oxygen atoms in total. The van der Waals surface area contributed by atoms with Gasteiger partial charge in [-0.25, -0.2) is 15.0 Å². The van der Waals surface area contributed by atoms with Gasteiger partial charge in [-0.2, -0.15) is 0 Å². The van der Waals surface area contributed by atoms with E-state index in [9.17, 15) is 0 Å². The summed E-state index contributed by atoms with van der Waals surface area (Å²) in [5.74, 6) is 0. The van der Waals surface area contributed by atoms with Crippen LogP contribution in [0.4, 0.5) is 0 Å². The van der Waals surface area contributed by atoms with E-state index in [1.165, 1.54) is 0 Å². The smallest absolute Gasteiger partial charge is 0.123 e. The molecular weight excluding hydrogens is 1100 g/mol. The summed E-state index contributed by atoms with van der Waals surface area (Å²) in [5, 5.41) is 4.90. The molecule has 2 atom stereocenters. The Morgan fingerprint density at radius 2 is 0.878 bits per heavy atom. The van der Waals surface area contributed by atoms with E-state index in [4.69, 9.17) is 102 Å². The van der Waals surface area contributed by atoms with Crippen LogP contribution >= 0.6 is 92.8 Å². The second-order valence-electron chi connectivity index (χ2n) is 16.7. The molecule has 3 heterocycles. The van der Waals surface area contributed by atoms with E-state index >= 15 is 0 Å². The van der Waals surface area contributed by atoms with Gasteiger partial charge in [0.2, 0.25) is 0 Å². The Bertz CT molecular complexity index is 3250. The minimum atomic E-state index is -0.586. The van der Waals surface area contributed by atoms with Gasteiger partial charge >= 0.3 is 0 Å². The van der Waals surface area contributed by atoms with Crippen molar-refractivity contribution in [2.45, 2.75) is 44.1 Å². The summed E-state index contributed by atoms with van der Waals surface area (Å²) in [7, 11) is 0. The highest BCUT2D eigenvalue weighted by Gasteiger charge is 2.39. The van der Waals surface area contributed by atoms with Crippen molar-refractivity contribution in [3.8, 4) is 0 Å². The van der Waals surface area contributed by atoms with Crippen LogP contribution in [0.25, 0.3) is 0 Å². The van der Waals surface area contributed by atoms with Crippen LogP contribution in [0.2, 0.25) is 40.2 Å². The van der Waals surface area contributed by atoms with Crippen molar-refractivity contribution < 1.29 is 9.47 Å². The van der Waals surface area contributed by atoms with Gasteiger partial charge in [-0.3, -0.25) is 0 Å². The van der Waals surface area contributed by atoms with Crippen molar-refractivity contribution in [1.82, 2.24) is 28.7 Å². The molecule has 0 saturated carbocycles. The topological polar surface area (TPSA) is 71.9 Å². The lowest BCUT2D eigenvalue weighted by atomic mass is 9.76. The molecule has 0 aliphatic rings. The molecule has 0 fully saturated rings. The molecule has 0 spiro atoms. The average molecular weight is 1140 g/mol. The van der Waals surface area contributed by atoms with Crippen LogP contribution in [0.5, 0.6) is 0 Å². The zero-order valence-corrected chi connectivity index (χ0v) is 45.3. The van der Waals surface area contributed by atoms with E-state index < -0.39 is 5.54 Å². The Hall–Kier alpha value is -5.59. The third-order valence-corrected chi connectivity index (χ3v) is 14.1. The van der Waals surface area contributed by atoms with Gasteiger partial charge in [-0.1, -0.05) is 202 Å². The summed E-state index contributed by atoms with van der Waals surface area (Å²) in [6, 6.07) is 52.6. The van der Waals surface area contributed by atoms with Crippen LogP contribution < -0.4 is 0 Å². The van der Waals surface area contributed by atoms with Crippen molar-refractivity contribution in [1.29, 1.82) is 0 Å². The number of nitrogens with zero attached hydrogens (tertiary/aromatic N) is 6. The summed E-state index contributed by atoms with van der Waals surface area (Å²) in [6.07, 6.45) is 15.8. The molecule has 74 heavy (non-hydrogen) atoms. The van der Waals surface area contributed by atoms with Crippen LogP contribution in [0.3, 0.4) is 0 Å². The fraction of sp³-hybridized carbons (Fsp3) is 0.121. The maximum absolute atomic E-state index is 6.69. The first-order valence-corrected chi connectivity index (χ1v) is 26.1. The predicted octanol–water partition coefficient (Wildman–Crippen LogP) is 17.6. The summed E-state index contributed by atoms with van der Waals surface area (Å²) in [4.78, 5) is 12.5. The Morgan fingerprint density at radius 3 is 1.35 bits per heavy atom. The SMILES string of the molecule is Clc1ccc(COC(Cn2ccnc2)c2ccc(Cl)cc2Cl)c(Cl)c1.Clc1ccc(COC(Cn2ccnc2)c2ccc(Cl)cc2Cl)cc1.Clc1ccccc1C(c1ccccc1)(c1ccccc1)n1ccnc1. The average Bonchev–Trinajstić information content (AvgIpc) is 4.25. The second-order valence-corrected chi connectivity index (χ2v) is 20.1. The first-order valence-electron chi connectivity index (χ1n) is 23.1. The number of halogens is 8. The van der Waals surface area contributed by atoms with Crippen molar-refractivity contribution >= 4 is 92.8 Å². The largest absolute Gasteiger partial charge is 0.367 e. The van der Waals surface area contributed by atoms with Gasteiger partial charge in [0.25, 0.3) is 0 Å². The van der Waals surface area contributed by atoms with Gasteiger partial charge in [0.05, 0.1) is 45.3 Å². The van der Waals surface area contributed by atoms with E-state index in [1.807, 2.05) is 113 Å². The van der Waals surface area contributed by atoms with Gasteiger partial charge in [0.1, 0.15) is 17.7 Å². The summed E-state index contributed by atoms with van der Waals surface area (Å²) >= 11 is 49.5. The highest BCUT2D eigenvalue weighted by atomic mass is 35.5. The molecular formula is C58H46Cl8N6O2. The monoisotopic (exact) mass is 1140 g/mol. The summed E-state index contributed by atoms with van der Waals surface area (Å²) < 4.78 is 18.3. The van der Waals surface area contributed by atoms with Gasteiger partial charge in [-0.05, 0) is 76.9 Å². The lowest BCUT2D eigenvalue weighted by Crippen LogP contribution is -2.37. The fourth-order valence-electron chi connectivity index (χ4n) is 8.27. The summed E-state index contributed by atoms with van der Waals surface area (Å²) in [5.41, 5.74) is 6.34. The van der Waals surface area contributed by atoms with Crippen LogP contribution in [0.1, 0.15) is 51.2 Å². The normalized spacial score (nSPS) is 12.0. The third-order valence-electron chi connectivity index (χ3n) is 11.8. The second kappa shape index (κ2) is 26.8. The zero-order valence-electron chi connectivity index (χ0n) is 39.3. The molecule has 376 valence electrons. The van der Waals surface area contributed by atoms with Crippen LogP contribution in [-0.4, -0.2) is 28.7 Å². The molecule has 0 N–H and O–H groups in total. The number of ether oxygens (including phenoxy) is 2. The van der Waals surface area contributed by atoms with E-state index in [0.717, 1.165) is 44.0 Å². The molecule has 0 aliphatic carbocycles. The molecule has 3 aromatic heterocycles. The number of aromatic nitrogens is 6. The fourth-order valence-corrected chi connectivity index (χ4v) is 10.2. The molecule has 10 rings (SSSR count). The van der Waals surface area contributed by atoms with Gasteiger partial charge in [0, 0.05) is 94.1 Å². The van der Waals surface area contributed by atoms with Gasteiger partial charge in [-0.15, -0.1) is 0 Å². The Labute approximate surface area is 470 Å². The maximum atomic E-state index is 6.69. The third kappa shape index (κ3) is 14.2. The van der Waals surface area contributed by atoms with E-state index in [2.05, 4.69) is 74.1 Å². The molecule has 0 amide bonds. The highest BCUT2D eigenvalue weighted by Crippen LogP contribution is 2.43. The molecule has 16 heteroatoms. The molecule has 2 unspecified atom stereocenters. The highest BCUT2D eigenvalue weighted by molar-refractivity contribution is 6.36. The van der Waals surface area contributed by atoms with Crippen LogP contribution in [0.15, 0.2) is 220 Å². The predicted molar refractivity (Wildman–Crippen MR) is 302 cm³/mol. The molecule has 0 bridgehead atoms. The van der Waals surface area contributed by atoms with E-state index in [-0.39, 0.29) is 12.2 Å². The van der Waals surface area contributed by atoms with Crippen molar-refractivity contribution in [3.05, 3.63) is 299 Å². The number of hydrogen-bond acceptors (Lipinski definition) is 5. The lowest BCUT2D eigenvalue weighted by Gasteiger charge is -2.37. The van der Waals surface area contributed by atoms with Crippen molar-refractivity contribution in [3.63, 3.8) is 0 Å². The molecule has 7 aromatic carbocycles. The van der Waals surface area contributed by atoms with Gasteiger partial charge < -0.3 is 23.2 Å². The number of benzene rings is 7. The minimum absolute atomic E-state index is 0.223. The maximum Gasteiger partial charge on any atom is 0.123 e. The number of hydrogen-bond donors (Lipinski definition) is 0. The molecule has 0 saturated heterocycles. The Balaban J connectivity index is 0.000000148. The molecule has 10 aromatic rings. The lowest BCUT2D eigenvalue weighted by molar-refractivity contribution is 0.0280. The van der Waals surface area contributed by atoms with Gasteiger partial charge in [0.15, 0.2) is 0 Å². The zero-order chi connectivity index (χ0) is 51.9. The first-order chi connectivity index (χ1) is 36.0. The standard InChI is InChI=1S/C22H17ClN2.C18H14Cl4N2O.C18H15Cl3N2O/c23-21-14-8-7-13-20(21)22(25-16-15-24-17-25,18-9-3-1-4-10-18)19-11-5-2-6-12-19;19-13-2-1-12(16(21)7-13)10-25-18(9-24-6-5-23-11-24)15-4-3-14(20)8-17(15)22;19-14-3-1-13(2-4-14)11-24-18(10-23-8-7-22-12-23)16-6-5-15(20)9-17(16)21/h1-17H;1-8,11,18H,9-10H2;1-9,12,18H,10-11H2. The Kier molecular flexibility index (Phi) is 19.8. The number of imidazole rings is 3. The van der Waals surface area contributed by atoms with Crippen LogP contribution in [0, 0.1) is 0 Å². The van der Waals surface area contributed by atoms with E-state index in [1.54, 1.807) is 61.6 Å². The molecule has 0 aliphatic heterocycles. The number of rotatable bonds is 16. The minimum Gasteiger partial charge on any atom is -0.367 e. The molecule has 0 radical (unpaired) electrons. The van der Waals surface area contributed by atoms with Crippen molar-refractivity contribution in [2.75, 3.05) is 0 Å². The quantitative estimate of drug-likeness (QED) is 0.0902. The van der Waals surface area contributed by atoms with Crippen molar-refractivity contribution in [2.24, 2.45) is 0 Å². The van der Waals surface area contributed by atoms with Crippen LogP contribution in [-0.2, 0) is 41.3 Å².